The third-order valence-electron chi connectivity index (χ3n) is 1.79. The minimum Gasteiger partial charge on any atom is -0.375 e. The number of nitrogens with two attached hydrogens (primary N) is 1. The van der Waals surface area contributed by atoms with Gasteiger partial charge in [-0.25, -0.2) is 4.98 Å². The number of hydrogen-bond acceptors (Lipinski definition) is 4. The van der Waals surface area contributed by atoms with Gasteiger partial charge in [-0.1, -0.05) is 20.8 Å². The normalized spacial score (nSPS) is 9.54. The summed E-state index contributed by atoms with van der Waals surface area (Å²) in [5, 5.41) is 2.48. The maximum absolute atomic E-state index is 5.19. The second-order valence-corrected chi connectivity index (χ2v) is 3.42. The summed E-state index contributed by atoms with van der Waals surface area (Å²) < 4.78 is 0. The Hall–Kier alpha value is -0.610. The first-order chi connectivity index (χ1) is 6.24. The smallest absolute Gasteiger partial charge is 0.179 e. The Labute approximate surface area is 84.6 Å². The number of hydrogen-bond donors (Lipinski definition) is 1. The van der Waals surface area contributed by atoms with Crippen LogP contribution in [0.4, 0.5) is 5.13 Å². The van der Waals surface area contributed by atoms with Crippen molar-refractivity contribution in [2.75, 3.05) is 25.4 Å². The van der Waals surface area contributed by atoms with Crippen molar-refractivity contribution < 1.29 is 0 Å². The molecule has 4 heteroatoms. The van der Waals surface area contributed by atoms with Crippen molar-refractivity contribution in [1.82, 2.24) is 9.88 Å². The number of thiazole rings is 1. The number of anilines is 1. The molecule has 0 atom stereocenters. The SMILES string of the molecule is CCN(CC)CC.Nc1nccs1. The minimum absolute atomic E-state index is 0.634. The summed E-state index contributed by atoms with van der Waals surface area (Å²) >= 11 is 1.44. The van der Waals surface area contributed by atoms with Gasteiger partial charge < -0.3 is 10.6 Å². The van der Waals surface area contributed by atoms with Crippen molar-refractivity contribution >= 4 is 16.5 Å². The number of nitrogen functional groups attached to an aromatic ring is 1. The molecule has 2 N–H and O–H groups in total. The number of aromatic nitrogens is 1. The van der Waals surface area contributed by atoms with Gasteiger partial charge in [0.05, 0.1) is 0 Å². The van der Waals surface area contributed by atoms with Gasteiger partial charge in [0, 0.05) is 11.6 Å². The average Bonchev–Trinajstić information content (AvgIpc) is 2.60. The molecule has 0 spiro atoms. The van der Waals surface area contributed by atoms with Crippen LogP contribution in [0.5, 0.6) is 0 Å². The average molecular weight is 201 g/mol. The van der Waals surface area contributed by atoms with Gasteiger partial charge in [-0.15, -0.1) is 11.3 Å². The molecule has 0 aromatic carbocycles. The van der Waals surface area contributed by atoms with Crippen molar-refractivity contribution in [3.05, 3.63) is 11.6 Å². The maximum atomic E-state index is 5.19. The molecule has 0 bridgehead atoms. The standard InChI is InChI=1S/C6H15N.C3H4N2S/c1-4-7(5-2)6-3;4-3-5-1-2-6-3/h4-6H2,1-3H3;1-2H,(H2,4,5). The Morgan fingerprint density at radius 3 is 1.92 bits per heavy atom. The van der Waals surface area contributed by atoms with Crippen LogP contribution >= 0.6 is 11.3 Å². The van der Waals surface area contributed by atoms with Gasteiger partial charge in [-0.3, -0.25) is 0 Å². The molecule has 1 rings (SSSR count). The van der Waals surface area contributed by atoms with Gasteiger partial charge in [0.25, 0.3) is 0 Å². The van der Waals surface area contributed by atoms with E-state index in [1.807, 2.05) is 5.38 Å². The molecule has 1 heterocycles. The van der Waals surface area contributed by atoms with Crippen LogP contribution in [0.25, 0.3) is 0 Å². The van der Waals surface area contributed by atoms with Gasteiger partial charge in [0.15, 0.2) is 5.13 Å². The molecule has 0 aliphatic carbocycles. The molecular formula is C9H19N3S. The van der Waals surface area contributed by atoms with Crippen molar-refractivity contribution in [2.24, 2.45) is 0 Å². The van der Waals surface area contributed by atoms with Gasteiger partial charge in [0.2, 0.25) is 0 Å². The summed E-state index contributed by atoms with van der Waals surface area (Å²) in [6, 6.07) is 0. The van der Waals surface area contributed by atoms with E-state index in [0.29, 0.717) is 5.13 Å². The van der Waals surface area contributed by atoms with E-state index >= 15 is 0 Å². The molecule has 0 saturated carbocycles. The van der Waals surface area contributed by atoms with Crippen molar-refractivity contribution in [3.8, 4) is 0 Å². The van der Waals surface area contributed by atoms with Crippen LogP contribution in [0.2, 0.25) is 0 Å². The lowest BCUT2D eigenvalue weighted by atomic mass is 10.5. The zero-order chi connectivity index (χ0) is 10.1. The fourth-order valence-electron chi connectivity index (χ4n) is 0.905. The Kier molecular flexibility index (Phi) is 7.63. The lowest BCUT2D eigenvalue weighted by Gasteiger charge is -2.13. The van der Waals surface area contributed by atoms with Crippen LogP contribution in [0, 0.1) is 0 Å². The highest BCUT2D eigenvalue weighted by atomic mass is 32.1. The number of nitrogens with zero attached hydrogens (tertiary/aromatic N) is 2. The zero-order valence-corrected chi connectivity index (χ0v) is 9.47. The molecule has 1 aromatic rings. The van der Waals surface area contributed by atoms with Crippen LogP contribution in [0.3, 0.4) is 0 Å². The monoisotopic (exact) mass is 201 g/mol. The van der Waals surface area contributed by atoms with Gasteiger partial charge >= 0.3 is 0 Å². The van der Waals surface area contributed by atoms with E-state index in [9.17, 15) is 0 Å². The molecule has 0 unspecified atom stereocenters. The minimum atomic E-state index is 0.634. The summed E-state index contributed by atoms with van der Waals surface area (Å²) in [7, 11) is 0. The van der Waals surface area contributed by atoms with Crippen LogP contribution in [-0.4, -0.2) is 29.5 Å². The fraction of sp³-hybridized carbons (Fsp3) is 0.667. The van der Waals surface area contributed by atoms with Crippen LogP contribution in [0.1, 0.15) is 20.8 Å². The lowest BCUT2D eigenvalue weighted by molar-refractivity contribution is 0.321. The third kappa shape index (κ3) is 6.54. The van der Waals surface area contributed by atoms with E-state index < -0.39 is 0 Å². The Balaban J connectivity index is 0.000000223. The van der Waals surface area contributed by atoms with E-state index in [4.69, 9.17) is 5.73 Å². The third-order valence-corrected chi connectivity index (χ3v) is 2.40. The van der Waals surface area contributed by atoms with Gasteiger partial charge in [-0.2, -0.15) is 0 Å². The van der Waals surface area contributed by atoms with Crippen LogP contribution in [0.15, 0.2) is 11.6 Å². The van der Waals surface area contributed by atoms with E-state index in [0.717, 1.165) is 0 Å². The van der Waals surface area contributed by atoms with Crippen molar-refractivity contribution in [2.45, 2.75) is 20.8 Å². The molecule has 0 fully saturated rings. The molecule has 3 nitrogen and oxygen atoms in total. The van der Waals surface area contributed by atoms with Gasteiger partial charge in [0.1, 0.15) is 0 Å². The maximum Gasteiger partial charge on any atom is 0.179 e. The molecule has 0 amide bonds. The highest BCUT2D eigenvalue weighted by Crippen LogP contribution is 2.02. The van der Waals surface area contributed by atoms with Crippen LogP contribution < -0.4 is 5.73 Å². The first-order valence-electron chi connectivity index (χ1n) is 4.61. The van der Waals surface area contributed by atoms with E-state index in [-0.39, 0.29) is 0 Å². The summed E-state index contributed by atoms with van der Waals surface area (Å²) in [5.41, 5.74) is 5.19. The van der Waals surface area contributed by atoms with E-state index in [2.05, 4.69) is 30.7 Å². The van der Waals surface area contributed by atoms with Crippen molar-refractivity contribution in [1.29, 1.82) is 0 Å². The molecule has 0 saturated heterocycles. The molecule has 76 valence electrons. The summed E-state index contributed by atoms with van der Waals surface area (Å²) in [6.07, 6.45) is 1.68. The van der Waals surface area contributed by atoms with Crippen LogP contribution in [-0.2, 0) is 0 Å². The molecule has 13 heavy (non-hydrogen) atoms. The highest BCUT2D eigenvalue weighted by Gasteiger charge is 1.89. The molecule has 0 radical (unpaired) electrons. The Bertz CT molecular complexity index is 177. The quantitative estimate of drug-likeness (QED) is 0.814. The van der Waals surface area contributed by atoms with E-state index in [1.165, 1.54) is 31.0 Å². The lowest BCUT2D eigenvalue weighted by Crippen LogP contribution is -2.21. The second-order valence-electron chi connectivity index (χ2n) is 2.49. The Morgan fingerprint density at radius 1 is 1.31 bits per heavy atom. The topological polar surface area (TPSA) is 42.1 Å². The first kappa shape index (κ1) is 12.4. The fourth-order valence-corrected chi connectivity index (χ4v) is 1.29. The largest absolute Gasteiger partial charge is 0.375 e. The molecule has 0 aliphatic heterocycles. The van der Waals surface area contributed by atoms with E-state index in [1.54, 1.807) is 6.20 Å². The summed E-state index contributed by atoms with van der Waals surface area (Å²) in [4.78, 5) is 6.09. The first-order valence-corrected chi connectivity index (χ1v) is 5.49. The summed E-state index contributed by atoms with van der Waals surface area (Å²) in [6.45, 7) is 10.1. The molecular weight excluding hydrogens is 182 g/mol. The Morgan fingerprint density at radius 2 is 1.85 bits per heavy atom. The molecule has 1 aromatic heterocycles. The predicted octanol–water partition coefficient (Wildman–Crippen LogP) is 2.07. The number of rotatable bonds is 3. The summed E-state index contributed by atoms with van der Waals surface area (Å²) in [5.74, 6) is 0. The predicted molar refractivity (Wildman–Crippen MR) is 60.0 cm³/mol. The second kappa shape index (κ2) is 8.01. The van der Waals surface area contributed by atoms with Gasteiger partial charge in [-0.05, 0) is 19.6 Å². The highest BCUT2D eigenvalue weighted by molar-refractivity contribution is 7.13. The zero-order valence-electron chi connectivity index (χ0n) is 8.66. The van der Waals surface area contributed by atoms with Crippen molar-refractivity contribution in [3.63, 3.8) is 0 Å². The molecule has 0 aliphatic rings.